The molecule has 0 amide bonds. The van der Waals surface area contributed by atoms with Crippen molar-refractivity contribution in [2.24, 2.45) is 5.92 Å². The van der Waals surface area contributed by atoms with E-state index in [-0.39, 0.29) is 5.78 Å². The van der Waals surface area contributed by atoms with Gasteiger partial charge in [0.2, 0.25) is 0 Å². The van der Waals surface area contributed by atoms with Crippen LogP contribution in [0.2, 0.25) is 0 Å². The molecule has 1 aliphatic carbocycles. The summed E-state index contributed by atoms with van der Waals surface area (Å²) in [7, 11) is 0. The molecule has 0 aromatic carbocycles. The van der Waals surface area contributed by atoms with Crippen LogP contribution in [-0.2, 0) is 4.79 Å². The topological polar surface area (TPSA) is 17.1 Å². The van der Waals surface area contributed by atoms with Gasteiger partial charge >= 0.3 is 0 Å². The second-order valence-electron chi connectivity index (χ2n) is 5.58. The monoisotopic (exact) mass is 276 g/mol. The van der Waals surface area contributed by atoms with E-state index in [1.807, 2.05) is 19.9 Å². The quantitative estimate of drug-likeness (QED) is 0.341. The summed E-state index contributed by atoms with van der Waals surface area (Å²) in [5.41, 5.74) is 4.64. The maximum Gasteiger partial charge on any atom is 0.152 e. The van der Waals surface area contributed by atoms with Crippen molar-refractivity contribution < 1.29 is 4.79 Å². The highest BCUT2D eigenvalue weighted by Gasteiger charge is 2.16. The second kappa shape index (κ2) is 10.7. The number of carbonyl (C=O) groups is 1. The Morgan fingerprint density at radius 1 is 1.30 bits per heavy atom. The molecule has 0 N–H and O–H groups in total. The second-order valence-corrected chi connectivity index (χ2v) is 5.58. The number of ketones is 1. The molecule has 0 bridgehead atoms. The molecule has 1 rings (SSSR count). The van der Waals surface area contributed by atoms with Crippen LogP contribution >= 0.6 is 0 Å². The molecule has 1 atom stereocenters. The smallest absolute Gasteiger partial charge is 0.152 e. The van der Waals surface area contributed by atoms with Crippen LogP contribution in [0.5, 0.6) is 0 Å². The van der Waals surface area contributed by atoms with Crippen molar-refractivity contribution >= 4 is 5.78 Å². The lowest BCUT2D eigenvalue weighted by Gasteiger charge is -2.24. The molecule has 0 saturated carbocycles. The number of hydrogen-bond donors (Lipinski definition) is 0. The SMILES string of the molecule is CC.CC(=O)/C=C/C=C(\C)CCC1=C(C)CCCC1C. The molecule has 0 radical (unpaired) electrons. The number of allylic oxidation sites excluding steroid dienone is 6. The van der Waals surface area contributed by atoms with E-state index in [0.717, 1.165) is 12.3 Å². The fraction of sp³-hybridized carbons (Fsp3) is 0.632. The predicted octanol–water partition coefficient (Wildman–Crippen LogP) is 6.02. The average Bonchev–Trinajstić information content (AvgIpc) is 2.40. The van der Waals surface area contributed by atoms with E-state index in [1.165, 1.54) is 31.3 Å². The van der Waals surface area contributed by atoms with Gasteiger partial charge in [0.15, 0.2) is 5.78 Å². The molecule has 20 heavy (non-hydrogen) atoms. The number of carbonyl (C=O) groups excluding carboxylic acids is 1. The van der Waals surface area contributed by atoms with Crippen LogP contribution in [-0.4, -0.2) is 5.78 Å². The molecule has 0 aromatic heterocycles. The van der Waals surface area contributed by atoms with E-state index in [2.05, 4.69) is 26.8 Å². The van der Waals surface area contributed by atoms with Gasteiger partial charge < -0.3 is 0 Å². The predicted molar refractivity (Wildman–Crippen MR) is 89.9 cm³/mol. The highest BCUT2D eigenvalue weighted by Crippen LogP contribution is 2.33. The zero-order valence-corrected chi connectivity index (χ0v) is 14.3. The van der Waals surface area contributed by atoms with Crippen LogP contribution in [0.25, 0.3) is 0 Å². The van der Waals surface area contributed by atoms with E-state index in [0.29, 0.717) is 0 Å². The van der Waals surface area contributed by atoms with Gasteiger partial charge in [0.1, 0.15) is 0 Å². The van der Waals surface area contributed by atoms with Gasteiger partial charge in [-0.1, -0.05) is 49.6 Å². The number of rotatable bonds is 5. The van der Waals surface area contributed by atoms with Crippen molar-refractivity contribution in [1.29, 1.82) is 0 Å². The van der Waals surface area contributed by atoms with E-state index >= 15 is 0 Å². The van der Waals surface area contributed by atoms with Gasteiger partial charge in [0, 0.05) is 0 Å². The molecule has 0 saturated heterocycles. The minimum Gasteiger partial charge on any atom is -0.295 e. The zero-order valence-electron chi connectivity index (χ0n) is 14.3. The average molecular weight is 276 g/mol. The number of hydrogen-bond acceptors (Lipinski definition) is 1. The third-order valence-electron chi connectivity index (χ3n) is 3.83. The van der Waals surface area contributed by atoms with Crippen molar-refractivity contribution in [2.45, 2.75) is 73.6 Å². The van der Waals surface area contributed by atoms with Crippen LogP contribution in [0.3, 0.4) is 0 Å². The summed E-state index contributed by atoms with van der Waals surface area (Å²) in [6, 6.07) is 0. The molecular weight excluding hydrogens is 244 g/mol. The zero-order chi connectivity index (χ0) is 15.5. The first-order chi connectivity index (χ1) is 9.50. The minimum absolute atomic E-state index is 0.110. The highest BCUT2D eigenvalue weighted by atomic mass is 16.1. The lowest BCUT2D eigenvalue weighted by atomic mass is 9.82. The first-order valence-corrected chi connectivity index (χ1v) is 8.03. The van der Waals surface area contributed by atoms with Crippen molar-refractivity contribution in [2.75, 3.05) is 0 Å². The Morgan fingerprint density at radius 3 is 2.50 bits per heavy atom. The summed E-state index contributed by atoms with van der Waals surface area (Å²) in [5, 5.41) is 0. The Morgan fingerprint density at radius 2 is 1.95 bits per heavy atom. The van der Waals surface area contributed by atoms with E-state index in [9.17, 15) is 4.79 Å². The van der Waals surface area contributed by atoms with Gasteiger partial charge in [-0.25, -0.2) is 0 Å². The molecule has 0 spiro atoms. The maximum absolute atomic E-state index is 10.8. The Kier molecular flexibility index (Phi) is 10.1. The molecule has 1 aliphatic rings. The third kappa shape index (κ3) is 7.47. The summed E-state index contributed by atoms with van der Waals surface area (Å²) in [6.45, 7) is 12.4. The standard InChI is InChI=1S/C17H26O.C2H6/c1-13(7-5-10-16(4)18)11-12-17-14(2)8-6-9-15(17)3;1-2/h5,7,10,14H,6,8-9,11-12H2,1-4H3;1-2H3/b10-5+,13-7+;. The lowest BCUT2D eigenvalue weighted by molar-refractivity contribution is -0.112. The normalized spacial score (nSPS) is 19.9. The first kappa shape index (κ1) is 18.9. The van der Waals surface area contributed by atoms with E-state index in [4.69, 9.17) is 0 Å². The summed E-state index contributed by atoms with van der Waals surface area (Å²) >= 11 is 0. The highest BCUT2D eigenvalue weighted by molar-refractivity contribution is 5.87. The molecule has 1 nitrogen and oxygen atoms in total. The van der Waals surface area contributed by atoms with Crippen LogP contribution in [0, 0.1) is 5.92 Å². The summed E-state index contributed by atoms with van der Waals surface area (Å²) in [4.78, 5) is 10.8. The summed E-state index contributed by atoms with van der Waals surface area (Å²) in [6.07, 6.45) is 11.8. The van der Waals surface area contributed by atoms with Crippen LogP contribution in [0.4, 0.5) is 0 Å². The van der Waals surface area contributed by atoms with Gasteiger partial charge in [0.25, 0.3) is 0 Å². The Hall–Kier alpha value is -1.11. The maximum atomic E-state index is 10.8. The third-order valence-corrected chi connectivity index (χ3v) is 3.83. The van der Waals surface area contributed by atoms with E-state index in [1.54, 1.807) is 24.1 Å². The first-order valence-electron chi connectivity index (χ1n) is 8.03. The van der Waals surface area contributed by atoms with Crippen molar-refractivity contribution in [3.63, 3.8) is 0 Å². The van der Waals surface area contributed by atoms with Gasteiger partial charge in [-0.05, 0) is 64.9 Å². The van der Waals surface area contributed by atoms with Crippen LogP contribution < -0.4 is 0 Å². The Balaban J connectivity index is 0.00000172. The molecule has 0 aromatic rings. The molecule has 114 valence electrons. The van der Waals surface area contributed by atoms with Gasteiger partial charge in [-0.15, -0.1) is 0 Å². The van der Waals surface area contributed by atoms with Crippen molar-refractivity contribution in [3.8, 4) is 0 Å². The summed E-state index contributed by atoms with van der Waals surface area (Å²) in [5.74, 6) is 0.873. The fourth-order valence-electron chi connectivity index (χ4n) is 2.65. The molecule has 0 fully saturated rings. The molecule has 0 aliphatic heterocycles. The van der Waals surface area contributed by atoms with Gasteiger partial charge in [-0.2, -0.15) is 0 Å². The van der Waals surface area contributed by atoms with Crippen molar-refractivity contribution in [3.05, 3.63) is 34.9 Å². The van der Waals surface area contributed by atoms with Crippen LogP contribution in [0.15, 0.2) is 34.9 Å². The Bertz CT molecular complexity index is 383. The summed E-state index contributed by atoms with van der Waals surface area (Å²) < 4.78 is 0. The molecule has 1 heteroatoms. The Labute approximate surface area is 125 Å². The fourth-order valence-corrected chi connectivity index (χ4v) is 2.65. The van der Waals surface area contributed by atoms with E-state index < -0.39 is 0 Å². The molecule has 1 unspecified atom stereocenters. The van der Waals surface area contributed by atoms with Crippen molar-refractivity contribution in [1.82, 2.24) is 0 Å². The van der Waals surface area contributed by atoms with Gasteiger partial charge in [-0.3, -0.25) is 4.79 Å². The lowest BCUT2D eigenvalue weighted by Crippen LogP contribution is -2.08. The molecular formula is C19H32O. The van der Waals surface area contributed by atoms with Crippen LogP contribution in [0.1, 0.15) is 73.6 Å². The molecule has 0 heterocycles. The largest absolute Gasteiger partial charge is 0.295 e. The minimum atomic E-state index is 0.110. The van der Waals surface area contributed by atoms with Gasteiger partial charge in [0.05, 0.1) is 0 Å².